The van der Waals surface area contributed by atoms with Crippen LogP contribution in [0.2, 0.25) is 0 Å². The maximum atomic E-state index is 13.6. The lowest BCUT2D eigenvalue weighted by Gasteiger charge is -2.28. The topological polar surface area (TPSA) is 270 Å². The zero-order chi connectivity index (χ0) is 34.8. The average Bonchev–Trinajstić information content (AvgIpc) is 2.98. The van der Waals surface area contributed by atoms with Gasteiger partial charge in [0.25, 0.3) is 0 Å². The predicted molar refractivity (Wildman–Crippen MR) is 176 cm³/mol. The molecule has 5 amide bonds. The molecule has 0 unspecified atom stereocenters. The highest BCUT2D eigenvalue weighted by atomic mass is 16.3. The minimum atomic E-state index is -1.23. The number of guanidine groups is 1. The molecule has 0 saturated heterocycles. The summed E-state index contributed by atoms with van der Waals surface area (Å²) in [6.07, 6.45) is 1.68. The molecular weight excluding hydrogens is 594 g/mol. The third kappa shape index (κ3) is 15.7. The Kier molecular flexibility index (Phi) is 17.9. The van der Waals surface area contributed by atoms with E-state index in [0.717, 1.165) is 5.56 Å². The molecule has 1 rings (SSSR count). The zero-order valence-corrected chi connectivity index (χ0v) is 27.3. The zero-order valence-electron chi connectivity index (χ0n) is 27.3. The van der Waals surface area contributed by atoms with Gasteiger partial charge in [-0.25, -0.2) is 0 Å². The lowest BCUT2D eigenvalue weighted by molar-refractivity contribution is -0.135. The molecule has 0 bridgehead atoms. The summed E-state index contributed by atoms with van der Waals surface area (Å²) in [7, 11) is 0. The van der Waals surface area contributed by atoms with Crippen molar-refractivity contribution in [1.29, 1.82) is 0 Å². The number of primary amides is 1. The van der Waals surface area contributed by atoms with Crippen molar-refractivity contribution in [2.45, 2.75) is 96.4 Å². The SMILES string of the molecule is CC(C)C[C@H](NC(=O)[C@H](CC(C)C)NC(=O)[C@H](CCc1ccccc1)NC(=O)[C@@H](N)CO)C(=O)N[C@@H](CCCN=C(N)N)C(N)=O. The van der Waals surface area contributed by atoms with Crippen LogP contribution in [-0.4, -0.2) is 84.0 Å². The molecule has 1 aromatic carbocycles. The molecule has 0 radical (unpaired) electrons. The van der Waals surface area contributed by atoms with Gasteiger partial charge >= 0.3 is 0 Å². The second-order valence-electron chi connectivity index (χ2n) is 12.2. The van der Waals surface area contributed by atoms with E-state index in [2.05, 4.69) is 26.3 Å². The smallest absolute Gasteiger partial charge is 0.243 e. The van der Waals surface area contributed by atoms with Crippen LogP contribution in [0.15, 0.2) is 35.3 Å². The van der Waals surface area contributed by atoms with Crippen molar-refractivity contribution in [2.24, 2.45) is 39.8 Å². The summed E-state index contributed by atoms with van der Waals surface area (Å²) in [5.41, 5.74) is 22.8. The first-order valence-electron chi connectivity index (χ1n) is 15.6. The van der Waals surface area contributed by atoms with Gasteiger partial charge in [0.1, 0.15) is 30.2 Å². The first-order chi connectivity index (χ1) is 21.6. The van der Waals surface area contributed by atoms with Gasteiger partial charge in [0.2, 0.25) is 29.5 Å². The second kappa shape index (κ2) is 20.7. The number of benzene rings is 1. The Balaban J connectivity index is 3.13. The van der Waals surface area contributed by atoms with Crippen molar-refractivity contribution in [3.8, 4) is 0 Å². The van der Waals surface area contributed by atoms with Crippen LogP contribution in [0.4, 0.5) is 0 Å². The number of aliphatic imine (C=N–C) groups is 1. The highest BCUT2D eigenvalue weighted by Crippen LogP contribution is 2.12. The normalized spacial score (nSPS) is 14.3. The molecule has 46 heavy (non-hydrogen) atoms. The molecule has 0 saturated carbocycles. The van der Waals surface area contributed by atoms with Gasteiger partial charge in [-0.05, 0) is 55.9 Å². The van der Waals surface area contributed by atoms with E-state index >= 15 is 0 Å². The lowest BCUT2D eigenvalue weighted by atomic mass is 9.98. The number of aliphatic hydroxyl groups is 1. The maximum absolute atomic E-state index is 13.6. The van der Waals surface area contributed by atoms with E-state index < -0.39 is 66.4 Å². The second-order valence-corrected chi connectivity index (χ2v) is 12.2. The molecule has 258 valence electrons. The summed E-state index contributed by atoms with van der Waals surface area (Å²) in [5, 5.41) is 20.0. The number of aryl methyl sites for hydroxylation is 1. The molecule has 0 aliphatic rings. The predicted octanol–water partition coefficient (Wildman–Crippen LogP) is -1.49. The molecule has 5 atom stereocenters. The Bertz CT molecular complexity index is 1160. The van der Waals surface area contributed by atoms with Crippen molar-refractivity contribution >= 4 is 35.5 Å². The molecule has 13 N–H and O–H groups in total. The molecule has 1 aromatic rings. The van der Waals surface area contributed by atoms with Crippen LogP contribution in [0.3, 0.4) is 0 Å². The van der Waals surface area contributed by atoms with Crippen molar-refractivity contribution in [3.05, 3.63) is 35.9 Å². The number of hydrogen-bond donors (Lipinski definition) is 9. The van der Waals surface area contributed by atoms with E-state index in [1.807, 2.05) is 58.0 Å². The van der Waals surface area contributed by atoms with E-state index in [0.29, 0.717) is 12.8 Å². The van der Waals surface area contributed by atoms with Gasteiger partial charge < -0.3 is 49.3 Å². The Morgan fingerprint density at radius 2 is 1.20 bits per heavy atom. The number of carbonyl (C=O) groups excluding carboxylic acids is 5. The Labute approximate surface area is 271 Å². The van der Waals surface area contributed by atoms with Gasteiger partial charge in [-0.1, -0.05) is 58.0 Å². The number of rotatable bonds is 21. The molecular formula is C31H53N9O6. The molecule has 15 nitrogen and oxygen atoms in total. The molecule has 0 spiro atoms. The third-order valence-corrected chi connectivity index (χ3v) is 7.02. The number of hydrogen-bond acceptors (Lipinski definition) is 8. The maximum Gasteiger partial charge on any atom is 0.243 e. The molecule has 0 aliphatic carbocycles. The summed E-state index contributed by atoms with van der Waals surface area (Å²) < 4.78 is 0. The van der Waals surface area contributed by atoms with Gasteiger partial charge in [-0.2, -0.15) is 0 Å². The van der Waals surface area contributed by atoms with Crippen molar-refractivity contribution < 1.29 is 29.1 Å². The minimum absolute atomic E-state index is 0.0172. The van der Waals surface area contributed by atoms with Crippen LogP contribution in [0, 0.1) is 11.8 Å². The van der Waals surface area contributed by atoms with Gasteiger partial charge in [0.15, 0.2) is 5.96 Å². The first-order valence-corrected chi connectivity index (χ1v) is 15.6. The molecule has 0 fully saturated rings. The fraction of sp³-hybridized carbons (Fsp3) is 0.613. The monoisotopic (exact) mass is 647 g/mol. The van der Waals surface area contributed by atoms with Crippen molar-refractivity contribution in [2.75, 3.05) is 13.2 Å². The van der Waals surface area contributed by atoms with E-state index in [1.165, 1.54) is 0 Å². The Morgan fingerprint density at radius 1 is 0.717 bits per heavy atom. The molecule has 0 aliphatic heterocycles. The molecule has 0 aromatic heterocycles. The first kappa shape index (κ1) is 39.8. The van der Waals surface area contributed by atoms with Crippen LogP contribution >= 0.6 is 0 Å². The summed E-state index contributed by atoms with van der Waals surface area (Å²) >= 11 is 0. The van der Waals surface area contributed by atoms with E-state index in [4.69, 9.17) is 22.9 Å². The van der Waals surface area contributed by atoms with E-state index in [-0.39, 0.29) is 50.0 Å². The van der Waals surface area contributed by atoms with Crippen molar-refractivity contribution in [1.82, 2.24) is 21.3 Å². The number of nitrogens with one attached hydrogen (secondary N) is 4. The minimum Gasteiger partial charge on any atom is -0.394 e. The van der Waals surface area contributed by atoms with Crippen LogP contribution in [-0.2, 0) is 30.4 Å². The molecule has 15 heteroatoms. The summed E-state index contributed by atoms with van der Waals surface area (Å²) in [6, 6.07) is 3.96. The fourth-order valence-electron chi connectivity index (χ4n) is 4.60. The van der Waals surface area contributed by atoms with Gasteiger partial charge in [-0.15, -0.1) is 0 Å². The third-order valence-electron chi connectivity index (χ3n) is 7.02. The number of nitrogens with zero attached hydrogens (tertiary/aromatic N) is 1. The van der Waals surface area contributed by atoms with E-state index in [9.17, 15) is 29.1 Å². The number of aliphatic hydroxyl groups excluding tert-OH is 1. The van der Waals surface area contributed by atoms with Crippen LogP contribution in [0.1, 0.15) is 65.4 Å². The Morgan fingerprint density at radius 3 is 1.65 bits per heavy atom. The molecule has 0 heterocycles. The number of carbonyl (C=O) groups is 5. The average molecular weight is 648 g/mol. The van der Waals surface area contributed by atoms with Gasteiger partial charge in [0, 0.05) is 6.54 Å². The van der Waals surface area contributed by atoms with Gasteiger partial charge in [-0.3, -0.25) is 29.0 Å². The number of nitrogens with two attached hydrogens (primary N) is 4. The quantitative estimate of drug-likeness (QED) is 0.0426. The van der Waals surface area contributed by atoms with Gasteiger partial charge in [0.05, 0.1) is 6.61 Å². The fourth-order valence-corrected chi connectivity index (χ4v) is 4.60. The lowest BCUT2D eigenvalue weighted by Crippen LogP contribution is -2.59. The van der Waals surface area contributed by atoms with Crippen molar-refractivity contribution in [3.63, 3.8) is 0 Å². The summed E-state index contributed by atoms with van der Waals surface area (Å²) in [5.74, 6) is -3.43. The highest BCUT2D eigenvalue weighted by molar-refractivity contribution is 5.95. The largest absolute Gasteiger partial charge is 0.394 e. The van der Waals surface area contributed by atoms with Crippen LogP contribution < -0.4 is 44.2 Å². The summed E-state index contributed by atoms with van der Waals surface area (Å²) in [4.78, 5) is 68.9. The standard InChI is InChI=1S/C31H53N9O6/c1-18(2)15-24(29(45)37-22(26(33)42)11-8-14-36-31(34)35)40-30(46)25(16-19(3)4)39-28(44)23(38-27(43)21(32)17-41)13-12-20-9-6-5-7-10-20/h5-7,9-10,18-19,21-25,41H,8,11-17,32H2,1-4H3,(H2,33,42)(H,37,45)(H,38,43)(H,39,44)(H,40,46)(H4,34,35,36)/t21-,22-,23-,24-,25-/m0/s1. The summed E-state index contributed by atoms with van der Waals surface area (Å²) in [6.45, 7) is 7.13. The Hall–Kier alpha value is -4.24. The highest BCUT2D eigenvalue weighted by Gasteiger charge is 2.32. The van der Waals surface area contributed by atoms with Crippen LogP contribution in [0.25, 0.3) is 0 Å². The van der Waals surface area contributed by atoms with Crippen LogP contribution in [0.5, 0.6) is 0 Å². The van der Waals surface area contributed by atoms with E-state index in [1.54, 1.807) is 0 Å². The number of amides is 5.